The number of quaternary nitrogens is 1. The fraction of sp³-hybridized carbons (Fsp3) is 0.889. The lowest BCUT2D eigenvalue weighted by Gasteiger charge is -2.29. The van der Waals surface area contributed by atoms with E-state index in [-0.39, 0.29) is 19.1 Å². The van der Waals surface area contributed by atoms with Gasteiger partial charge in [0.1, 0.15) is 13.2 Å². The average Bonchev–Trinajstić information content (AvgIpc) is 3.12. The number of nitrogens with one attached hydrogen (secondary N) is 1. The fourth-order valence-corrected chi connectivity index (χ4v) is 7.22. The van der Waals surface area contributed by atoms with Gasteiger partial charge in [0, 0.05) is 6.42 Å². The van der Waals surface area contributed by atoms with Crippen molar-refractivity contribution in [3.05, 3.63) is 24.3 Å². The second-order valence-electron chi connectivity index (χ2n) is 16.8. The van der Waals surface area contributed by atoms with E-state index < -0.39 is 20.0 Å². The highest BCUT2D eigenvalue weighted by atomic mass is 31.2. The molecule has 0 radical (unpaired) electrons. The summed E-state index contributed by atoms with van der Waals surface area (Å²) in [7, 11) is 1.26. The Labute approximate surface area is 334 Å². The molecular weight excluding hydrogens is 695 g/mol. The summed E-state index contributed by atoms with van der Waals surface area (Å²) in [6, 6.07) is -0.887. The molecule has 1 unspecified atom stereocenters. The molecule has 54 heavy (non-hydrogen) atoms. The first kappa shape index (κ1) is 53.0. The van der Waals surface area contributed by atoms with E-state index in [0.29, 0.717) is 17.4 Å². The van der Waals surface area contributed by atoms with Crippen LogP contribution in [0.25, 0.3) is 0 Å². The van der Waals surface area contributed by atoms with Crippen molar-refractivity contribution in [2.45, 2.75) is 219 Å². The van der Waals surface area contributed by atoms with E-state index in [0.717, 1.165) is 51.4 Å². The van der Waals surface area contributed by atoms with Crippen LogP contribution >= 0.6 is 7.82 Å². The number of allylic oxidation sites excluding steroid dienone is 3. The Bertz CT molecular complexity index is 938. The number of unbranched alkanes of at least 4 members (excludes halogenated alkanes) is 26. The monoisotopic (exact) mass is 785 g/mol. The molecule has 0 aliphatic carbocycles. The van der Waals surface area contributed by atoms with Gasteiger partial charge in [-0.3, -0.25) is 9.36 Å². The number of amides is 1. The maximum atomic E-state index is 12.8. The van der Waals surface area contributed by atoms with Crippen molar-refractivity contribution in [2.24, 2.45) is 0 Å². The zero-order valence-corrected chi connectivity index (χ0v) is 37.1. The van der Waals surface area contributed by atoms with Crippen molar-refractivity contribution in [1.29, 1.82) is 0 Å². The number of carbonyl (C=O) groups is 1. The van der Waals surface area contributed by atoms with E-state index in [9.17, 15) is 19.4 Å². The van der Waals surface area contributed by atoms with Crippen LogP contribution in [0.1, 0.15) is 206 Å². The Hall–Kier alpha value is -1.02. The van der Waals surface area contributed by atoms with Crippen LogP contribution in [0.3, 0.4) is 0 Å². The Morgan fingerprint density at radius 1 is 0.630 bits per heavy atom. The van der Waals surface area contributed by atoms with Crippen molar-refractivity contribution in [3.63, 3.8) is 0 Å². The van der Waals surface area contributed by atoms with Crippen molar-refractivity contribution < 1.29 is 32.9 Å². The second-order valence-corrected chi connectivity index (χ2v) is 18.2. The maximum absolute atomic E-state index is 12.8. The number of phosphoric ester groups is 1. The molecule has 3 atom stereocenters. The third-order valence-corrected chi connectivity index (χ3v) is 11.1. The van der Waals surface area contributed by atoms with Gasteiger partial charge in [-0.2, -0.15) is 0 Å². The number of aliphatic hydroxyl groups is 1. The van der Waals surface area contributed by atoms with E-state index >= 15 is 0 Å². The van der Waals surface area contributed by atoms with Crippen LogP contribution in [0.4, 0.5) is 0 Å². The van der Waals surface area contributed by atoms with Crippen LogP contribution < -0.4 is 10.2 Å². The molecule has 0 spiro atoms. The third-order valence-electron chi connectivity index (χ3n) is 10.2. The normalized spacial score (nSPS) is 14.6. The third kappa shape index (κ3) is 39.2. The van der Waals surface area contributed by atoms with Gasteiger partial charge in [-0.1, -0.05) is 179 Å². The highest BCUT2D eigenvalue weighted by molar-refractivity contribution is 7.45. The Morgan fingerprint density at radius 2 is 1.02 bits per heavy atom. The molecule has 0 saturated carbocycles. The summed E-state index contributed by atoms with van der Waals surface area (Å²) in [5.74, 6) is -0.206. The summed E-state index contributed by atoms with van der Waals surface area (Å²) >= 11 is 0. The van der Waals surface area contributed by atoms with Gasteiger partial charge in [-0.15, -0.1) is 0 Å². The van der Waals surface area contributed by atoms with E-state index in [2.05, 4.69) is 31.3 Å². The van der Waals surface area contributed by atoms with Gasteiger partial charge in [0.2, 0.25) is 5.91 Å². The Kier molecular flexibility index (Phi) is 36.8. The summed E-state index contributed by atoms with van der Waals surface area (Å²) in [6.45, 7) is 4.64. The van der Waals surface area contributed by atoms with Crippen LogP contribution in [0.2, 0.25) is 0 Å². The molecule has 0 saturated heterocycles. The molecule has 1 amide bonds. The molecular formula is C45H89N2O6P. The van der Waals surface area contributed by atoms with Crippen LogP contribution in [0.5, 0.6) is 0 Å². The van der Waals surface area contributed by atoms with Crippen LogP contribution in [0.15, 0.2) is 24.3 Å². The highest BCUT2D eigenvalue weighted by Crippen LogP contribution is 2.38. The first-order valence-corrected chi connectivity index (χ1v) is 24.2. The molecule has 2 N–H and O–H groups in total. The quantitative estimate of drug-likeness (QED) is 0.0277. The minimum absolute atomic E-state index is 0.00149. The van der Waals surface area contributed by atoms with Crippen LogP contribution in [-0.2, 0) is 18.4 Å². The largest absolute Gasteiger partial charge is 0.756 e. The minimum Gasteiger partial charge on any atom is -0.756 e. The van der Waals surface area contributed by atoms with Gasteiger partial charge >= 0.3 is 0 Å². The topological polar surface area (TPSA) is 108 Å². The Morgan fingerprint density at radius 3 is 1.44 bits per heavy atom. The smallest absolute Gasteiger partial charge is 0.268 e. The number of hydrogen-bond donors (Lipinski definition) is 2. The standard InChI is InChI=1S/C45H89N2O6P/c1-6-8-10-12-14-16-18-20-22-23-25-26-28-30-32-34-36-38-44(48)43(42-53-54(50,51)52-41-40-47(3,4)5)46-45(49)39-37-35-33-31-29-27-24-21-19-17-15-13-11-9-7-2/h21,24,36,38,43-44,48H,6-20,22-23,25-35,37,39-42H2,1-5H3,(H-,46,49,50,51)/b24-21+,38-36+/t43-,44+/m0/s1. The van der Waals surface area contributed by atoms with Gasteiger partial charge in [0.05, 0.1) is 39.9 Å². The zero-order valence-electron chi connectivity index (χ0n) is 36.2. The minimum atomic E-state index is -4.59. The number of rotatable bonds is 41. The highest BCUT2D eigenvalue weighted by Gasteiger charge is 2.23. The number of hydrogen-bond acceptors (Lipinski definition) is 6. The number of aliphatic hydroxyl groups excluding tert-OH is 1. The first-order valence-electron chi connectivity index (χ1n) is 22.7. The van der Waals surface area contributed by atoms with Crippen LogP contribution in [-0.4, -0.2) is 68.5 Å². The molecule has 0 aliphatic rings. The number of likely N-dealkylation sites (N-methyl/N-ethyl adjacent to an activating group) is 1. The molecule has 0 rings (SSSR count). The summed E-state index contributed by atoms with van der Waals surface area (Å²) < 4.78 is 23.2. The van der Waals surface area contributed by atoms with E-state index in [1.54, 1.807) is 6.08 Å². The molecule has 0 aromatic heterocycles. The van der Waals surface area contributed by atoms with Gasteiger partial charge in [0.15, 0.2) is 0 Å². The van der Waals surface area contributed by atoms with Gasteiger partial charge in [-0.05, 0) is 44.9 Å². The molecule has 0 aromatic rings. The van der Waals surface area contributed by atoms with Crippen molar-refractivity contribution in [2.75, 3.05) is 40.9 Å². The van der Waals surface area contributed by atoms with Crippen molar-refractivity contribution >= 4 is 13.7 Å². The molecule has 0 fully saturated rings. The van der Waals surface area contributed by atoms with E-state index in [1.807, 2.05) is 27.2 Å². The van der Waals surface area contributed by atoms with E-state index in [1.165, 1.54) is 135 Å². The number of nitrogens with zero attached hydrogens (tertiary/aromatic N) is 1. The summed E-state index contributed by atoms with van der Waals surface area (Å²) in [6.07, 6.45) is 43.6. The van der Waals surface area contributed by atoms with Gasteiger partial charge in [-0.25, -0.2) is 0 Å². The number of carbonyl (C=O) groups excluding carboxylic acids is 1. The molecule has 9 heteroatoms. The lowest BCUT2D eigenvalue weighted by Crippen LogP contribution is -2.45. The summed E-state index contributed by atoms with van der Waals surface area (Å²) in [4.78, 5) is 25.3. The molecule has 0 aliphatic heterocycles. The number of phosphoric acid groups is 1. The predicted molar refractivity (Wildman–Crippen MR) is 228 cm³/mol. The van der Waals surface area contributed by atoms with Crippen LogP contribution in [0, 0.1) is 0 Å². The Balaban J connectivity index is 4.43. The second kappa shape index (κ2) is 37.6. The van der Waals surface area contributed by atoms with Gasteiger partial charge in [0.25, 0.3) is 7.82 Å². The molecule has 0 heterocycles. The summed E-state index contributed by atoms with van der Waals surface area (Å²) in [5, 5.41) is 13.8. The maximum Gasteiger partial charge on any atom is 0.268 e. The molecule has 0 bridgehead atoms. The van der Waals surface area contributed by atoms with Crippen molar-refractivity contribution in [3.8, 4) is 0 Å². The fourth-order valence-electron chi connectivity index (χ4n) is 6.50. The SMILES string of the molecule is CCCCCCCC/C=C/CCCCCCCC(=O)N[C@@H](COP(=O)([O-])OCC[N+](C)(C)C)[C@H](O)/C=C/CCCCCCCCCCCCCCCCC. The average molecular weight is 785 g/mol. The van der Waals surface area contributed by atoms with E-state index in [4.69, 9.17) is 9.05 Å². The van der Waals surface area contributed by atoms with Gasteiger partial charge < -0.3 is 28.8 Å². The lowest BCUT2D eigenvalue weighted by molar-refractivity contribution is -0.870. The predicted octanol–water partition coefficient (Wildman–Crippen LogP) is 11.9. The molecule has 8 nitrogen and oxygen atoms in total. The first-order chi connectivity index (χ1) is 26.0. The van der Waals surface area contributed by atoms with Crippen molar-refractivity contribution in [1.82, 2.24) is 5.32 Å². The summed E-state index contributed by atoms with van der Waals surface area (Å²) in [5.41, 5.74) is 0. The lowest BCUT2D eigenvalue weighted by atomic mass is 10.0. The molecule has 320 valence electrons. The zero-order chi connectivity index (χ0) is 40.0. The molecule has 0 aromatic carbocycles.